The number of anilines is 1. The predicted octanol–water partition coefficient (Wildman–Crippen LogP) is 2.46. The van der Waals surface area contributed by atoms with E-state index in [1.165, 1.54) is 12.1 Å². The molecular formula is C18H21FN4O. The minimum atomic E-state index is -0.271. The largest absolute Gasteiger partial charge is 0.354 e. The lowest BCUT2D eigenvalue weighted by atomic mass is 9.97. The van der Waals surface area contributed by atoms with Gasteiger partial charge in [0, 0.05) is 19.6 Å². The normalized spacial score (nSPS) is 17.6. The first-order chi connectivity index (χ1) is 11.6. The SMILES string of the molecule is Cc1ccc(N2CCCC(C(=O)NCc3ccc(F)cc3)C2)nn1. The summed E-state index contributed by atoms with van der Waals surface area (Å²) in [6, 6.07) is 10.1. The van der Waals surface area contributed by atoms with Crippen LogP contribution in [0.25, 0.3) is 0 Å². The van der Waals surface area contributed by atoms with E-state index in [2.05, 4.69) is 20.4 Å². The molecule has 1 N–H and O–H groups in total. The third-order valence-electron chi connectivity index (χ3n) is 4.28. The number of benzene rings is 1. The highest BCUT2D eigenvalue weighted by molar-refractivity contribution is 5.79. The fourth-order valence-corrected chi connectivity index (χ4v) is 2.90. The Balaban J connectivity index is 1.56. The summed E-state index contributed by atoms with van der Waals surface area (Å²) in [5.41, 5.74) is 1.77. The van der Waals surface area contributed by atoms with Gasteiger partial charge in [-0.3, -0.25) is 4.79 Å². The Kier molecular flexibility index (Phi) is 5.03. The average Bonchev–Trinajstić information content (AvgIpc) is 2.62. The molecule has 1 aliphatic heterocycles. The number of hydrogen-bond acceptors (Lipinski definition) is 4. The lowest BCUT2D eigenvalue weighted by Crippen LogP contribution is -2.43. The van der Waals surface area contributed by atoms with Crippen LogP contribution >= 0.6 is 0 Å². The lowest BCUT2D eigenvalue weighted by molar-refractivity contribution is -0.125. The minimum absolute atomic E-state index is 0.0316. The Labute approximate surface area is 140 Å². The highest BCUT2D eigenvalue weighted by Crippen LogP contribution is 2.21. The van der Waals surface area contributed by atoms with Gasteiger partial charge in [0.2, 0.25) is 5.91 Å². The van der Waals surface area contributed by atoms with E-state index >= 15 is 0 Å². The van der Waals surface area contributed by atoms with Crippen molar-refractivity contribution in [2.24, 2.45) is 5.92 Å². The number of rotatable bonds is 4. The predicted molar refractivity (Wildman–Crippen MR) is 90.0 cm³/mol. The third-order valence-corrected chi connectivity index (χ3v) is 4.28. The van der Waals surface area contributed by atoms with Crippen LogP contribution < -0.4 is 10.2 Å². The molecule has 1 aliphatic rings. The van der Waals surface area contributed by atoms with E-state index in [-0.39, 0.29) is 17.6 Å². The molecule has 0 radical (unpaired) electrons. The second kappa shape index (κ2) is 7.38. The van der Waals surface area contributed by atoms with E-state index in [0.717, 1.165) is 36.5 Å². The van der Waals surface area contributed by atoms with E-state index < -0.39 is 0 Å². The number of nitrogens with one attached hydrogen (secondary N) is 1. The number of amides is 1. The van der Waals surface area contributed by atoms with Gasteiger partial charge in [-0.1, -0.05) is 12.1 Å². The quantitative estimate of drug-likeness (QED) is 0.937. The number of carbonyl (C=O) groups excluding carboxylic acids is 1. The molecule has 0 bridgehead atoms. The lowest BCUT2D eigenvalue weighted by Gasteiger charge is -2.32. The first-order valence-corrected chi connectivity index (χ1v) is 8.19. The fourth-order valence-electron chi connectivity index (χ4n) is 2.90. The molecule has 6 heteroatoms. The van der Waals surface area contributed by atoms with Gasteiger partial charge >= 0.3 is 0 Å². The molecule has 0 spiro atoms. The maximum absolute atomic E-state index is 12.9. The molecule has 5 nitrogen and oxygen atoms in total. The number of halogens is 1. The third kappa shape index (κ3) is 4.07. The maximum Gasteiger partial charge on any atom is 0.225 e. The number of piperidine rings is 1. The molecule has 126 valence electrons. The zero-order valence-electron chi connectivity index (χ0n) is 13.7. The standard InChI is InChI=1S/C18H21FN4O/c1-13-4-9-17(22-21-13)23-10-2-3-15(12-23)18(24)20-11-14-5-7-16(19)8-6-14/h4-9,15H,2-3,10-12H2,1H3,(H,20,24). The molecule has 1 aromatic heterocycles. The van der Waals surface area contributed by atoms with Crippen LogP contribution in [0.5, 0.6) is 0 Å². The number of carbonyl (C=O) groups is 1. The summed E-state index contributed by atoms with van der Waals surface area (Å²) in [4.78, 5) is 14.5. The smallest absolute Gasteiger partial charge is 0.225 e. The van der Waals surface area contributed by atoms with Crippen molar-refractivity contribution in [1.29, 1.82) is 0 Å². The molecule has 1 aromatic carbocycles. The molecule has 3 rings (SSSR count). The van der Waals surface area contributed by atoms with Crippen molar-refractivity contribution >= 4 is 11.7 Å². The molecular weight excluding hydrogens is 307 g/mol. The average molecular weight is 328 g/mol. The molecule has 1 atom stereocenters. The summed E-state index contributed by atoms with van der Waals surface area (Å²) in [6.45, 7) is 3.85. The van der Waals surface area contributed by atoms with Gasteiger partial charge in [0.25, 0.3) is 0 Å². The molecule has 1 saturated heterocycles. The summed E-state index contributed by atoms with van der Waals surface area (Å²) in [7, 11) is 0. The zero-order chi connectivity index (χ0) is 16.9. The van der Waals surface area contributed by atoms with Gasteiger partial charge in [-0.2, -0.15) is 5.10 Å². The van der Waals surface area contributed by atoms with E-state index in [1.807, 2.05) is 19.1 Å². The summed E-state index contributed by atoms with van der Waals surface area (Å²) < 4.78 is 12.9. The van der Waals surface area contributed by atoms with Crippen LogP contribution in [0.4, 0.5) is 10.2 Å². The number of hydrogen-bond donors (Lipinski definition) is 1. The molecule has 1 unspecified atom stereocenters. The van der Waals surface area contributed by atoms with Crippen molar-refractivity contribution < 1.29 is 9.18 Å². The second-order valence-electron chi connectivity index (χ2n) is 6.16. The van der Waals surface area contributed by atoms with Crippen molar-refractivity contribution in [2.45, 2.75) is 26.3 Å². The zero-order valence-corrected chi connectivity index (χ0v) is 13.7. The Hall–Kier alpha value is -2.50. The van der Waals surface area contributed by atoms with Gasteiger partial charge in [0.1, 0.15) is 5.82 Å². The summed E-state index contributed by atoms with van der Waals surface area (Å²) in [5, 5.41) is 11.2. The van der Waals surface area contributed by atoms with Gasteiger partial charge in [-0.15, -0.1) is 5.10 Å². The van der Waals surface area contributed by atoms with Crippen molar-refractivity contribution in [3.05, 3.63) is 53.5 Å². The Morgan fingerprint density at radius 3 is 2.75 bits per heavy atom. The van der Waals surface area contributed by atoms with Crippen molar-refractivity contribution in [3.8, 4) is 0 Å². The minimum Gasteiger partial charge on any atom is -0.354 e. The monoisotopic (exact) mass is 328 g/mol. The van der Waals surface area contributed by atoms with Gasteiger partial charge in [0.05, 0.1) is 11.6 Å². The topological polar surface area (TPSA) is 58.1 Å². The Bertz CT molecular complexity index is 687. The molecule has 1 fully saturated rings. The van der Waals surface area contributed by atoms with Gasteiger partial charge in [-0.25, -0.2) is 4.39 Å². The van der Waals surface area contributed by atoms with Crippen molar-refractivity contribution in [1.82, 2.24) is 15.5 Å². The second-order valence-corrected chi connectivity index (χ2v) is 6.16. The van der Waals surface area contributed by atoms with Crippen LogP contribution in [0.15, 0.2) is 36.4 Å². The van der Waals surface area contributed by atoms with Crippen LogP contribution in [0.2, 0.25) is 0 Å². The number of aromatic nitrogens is 2. The molecule has 0 aliphatic carbocycles. The molecule has 2 aromatic rings. The van der Waals surface area contributed by atoms with E-state index in [4.69, 9.17) is 0 Å². The number of aryl methyl sites for hydroxylation is 1. The first-order valence-electron chi connectivity index (χ1n) is 8.19. The summed E-state index contributed by atoms with van der Waals surface area (Å²) >= 11 is 0. The highest BCUT2D eigenvalue weighted by Gasteiger charge is 2.26. The molecule has 0 saturated carbocycles. The van der Waals surface area contributed by atoms with E-state index in [9.17, 15) is 9.18 Å². The van der Waals surface area contributed by atoms with Gasteiger partial charge < -0.3 is 10.2 Å². The Morgan fingerprint density at radius 1 is 1.25 bits per heavy atom. The van der Waals surface area contributed by atoms with Crippen LogP contribution in [-0.4, -0.2) is 29.2 Å². The maximum atomic E-state index is 12.9. The number of nitrogens with zero attached hydrogens (tertiary/aromatic N) is 3. The van der Waals surface area contributed by atoms with Crippen LogP contribution in [-0.2, 0) is 11.3 Å². The van der Waals surface area contributed by atoms with Gasteiger partial charge in [-0.05, 0) is 49.6 Å². The Morgan fingerprint density at radius 2 is 2.04 bits per heavy atom. The van der Waals surface area contributed by atoms with Crippen molar-refractivity contribution in [3.63, 3.8) is 0 Å². The molecule has 2 heterocycles. The van der Waals surface area contributed by atoms with Crippen LogP contribution in [0.1, 0.15) is 24.1 Å². The van der Waals surface area contributed by atoms with Gasteiger partial charge in [0.15, 0.2) is 5.82 Å². The van der Waals surface area contributed by atoms with Crippen LogP contribution in [0, 0.1) is 18.7 Å². The summed E-state index contributed by atoms with van der Waals surface area (Å²) in [6.07, 6.45) is 1.81. The van der Waals surface area contributed by atoms with Crippen molar-refractivity contribution in [2.75, 3.05) is 18.0 Å². The highest BCUT2D eigenvalue weighted by atomic mass is 19.1. The molecule has 1 amide bonds. The van der Waals surface area contributed by atoms with Crippen LogP contribution in [0.3, 0.4) is 0 Å². The fraction of sp³-hybridized carbons (Fsp3) is 0.389. The van der Waals surface area contributed by atoms with E-state index in [0.29, 0.717) is 13.1 Å². The molecule has 24 heavy (non-hydrogen) atoms. The summed E-state index contributed by atoms with van der Waals surface area (Å²) in [5.74, 6) is 0.509. The first kappa shape index (κ1) is 16.4. The van der Waals surface area contributed by atoms with E-state index in [1.54, 1.807) is 12.1 Å².